The molecule has 1 aliphatic carbocycles. The van der Waals surface area contributed by atoms with Gasteiger partial charge in [-0.05, 0) is 43.9 Å². The molecule has 0 unspecified atom stereocenters. The molecule has 0 radical (unpaired) electrons. The lowest BCUT2D eigenvalue weighted by Gasteiger charge is -2.30. The van der Waals surface area contributed by atoms with Gasteiger partial charge in [0.05, 0.1) is 12.5 Å². The van der Waals surface area contributed by atoms with Crippen LogP contribution in [0.4, 0.5) is 4.39 Å². The maximum atomic E-state index is 13.4. The van der Waals surface area contributed by atoms with E-state index in [-0.39, 0.29) is 23.6 Å². The lowest BCUT2D eigenvalue weighted by molar-refractivity contribution is -0.145. The van der Waals surface area contributed by atoms with Crippen LogP contribution in [0.2, 0.25) is 0 Å². The summed E-state index contributed by atoms with van der Waals surface area (Å²) < 4.78 is 19.0. The fourth-order valence-electron chi connectivity index (χ4n) is 3.40. The van der Waals surface area contributed by atoms with Gasteiger partial charge in [0.2, 0.25) is 5.91 Å². The molecule has 1 aliphatic heterocycles. The van der Waals surface area contributed by atoms with E-state index in [4.69, 9.17) is 9.84 Å². The van der Waals surface area contributed by atoms with Gasteiger partial charge in [-0.1, -0.05) is 0 Å². The number of benzene rings is 1. The molecule has 1 aromatic rings. The number of hydrogen-bond donors (Lipinski definition) is 1. The average Bonchev–Trinajstić information content (AvgIpc) is 2.76. The van der Waals surface area contributed by atoms with Gasteiger partial charge in [-0.3, -0.25) is 9.59 Å². The highest BCUT2D eigenvalue weighted by Crippen LogP contribution is 2.32. The van der Waals surface area contributed by atoms with Gasteiger partial charge >= 0.3 is 5.97 Å². The Morgan fingerprint density at radius 2 is 1.87 bits per heavy atom. The molecule has 3 rings (SSSR count). The molecule has 0 atom stereocenters. The van der Waals surface area contributed by atoms with Gasteiger partial charge in [-0.2, -0.15) is 0 Å². The lowest BCUT2D eigenvalue weighted by atomic mass is 9.81. The van der Waals surface area contributed by atoms with Gasteiger partial charge < -0.3 is 14.7 Å². The monoisotopic (exact) mass is 321 g/mol. The Kier molecular flexibility index (Phi) is 4.50. The van der Waals surface area contributed by atoms with Crippen LogP contribution in [0.25, 0.3) is 0 Å². The van der Waals surface area contributed by atoms with Gasteiger partial charge in [-0.25, -0.2) is 4.39 Å². The summed E-state index contributed by atoms with van der Waals surface area (Å²) >= 11 is 0. The molecule has 6 heteroatoms. The summed E-state index contributed by atoms with van der Waals surface area (Å²) in [4.78, 5) is 25.4. The van der Waals surface area contributed by atoms with Crippen LogP contribution >= 0.6 is 0 Å². The fraction of sp³-hybridized carbons (Fsp3) is 0.529. The molecule has 1 heterocycles. The molecule has 2 aliphatic rings. The summed E-state index contributed by atoms with van der Waals surface area (Å²) in [6.07, 6.45) is 2.29. The molecule has 1 fully saturated rings. The number of nitrogens with zero attached hydrogens (tertiary/aromatic N) is 1. The van der Waals surface area contributed by atoms with Gasteiger partial charge in [0.1, 0.15) is 18.2 Å². The minimum absolute atomic E-state index is 0.0227. The van der Waals surface area contributed by atoms with Crippen LogP contribution in [0.5, 0.6) is 5.75 Å². The second-order valence-electron chi connectivity index (χ2n) is 6.25. The standard InChI is InChI=1S/C17H20FNO4/c18-14-5-6-15-13(9-14)10-19(7-8-23-15)16(20)11-1-3-12(4-2-11)17(21)22/h5-6,9,11-12H,1-4,7-8,10H2,(H,21,22). The number of ether oxygens (including phenoxy) is 1. The van der Waals surface area contributed by atoms with Crippen LogP contribution in [-0.2, 0) is 16.1 Å². The van der Waals surface area contributed by atoms with Crippen molar-refractivity contribution in [3.05, 3.63) is 29.6 Å². The minimum atomic E-state index is -0.775. The van der Waals surface area contributed by atoms with E-state index in [2.05, 4.69) is 0 Å². The van der Waals surface area contributed by atoms with E-state index in [1.165, 1.54) is 12.1 Å². The number of hydrogen-bond acceptors (Lipinski definition) is 3. The Morgan fingerprint density at radius 1 is 1.17 bits per heavy atom. The Labute approximate surface area is 134 Å². The van der Waals surface area contributed by atoms with E-state index in [0.717, 1.165) is 0 Å². The summed E-state index contributed by atoms with van der Waals surface area (Å²) in [7, 11) is 0. The number of carboxylic acids is 1. The highest BCUT2D eigenvalue weighted by Gasteiger charge is 2.32. The average molecular weight is 321 g/mol. The number of carbonyl (C=O) groups is 2. The highest BCUT2D eigenvalue weighted by atomic mass is 19.1. The lowest BCUT2D eigenvalue weighted by Crippen LogP contribution is -2.39. The third-order valence-electron chi connectivity index (χ3n) is 4.74. The Morgan fingerprint density at radius 3 is 2.57 bits per heavy atom. The third kappa shape index (κ3) is 3.46. The van der Waals surface area contributed by atoms with E-state index < -0.39 is 5.97 Å². The molecule has 1 amide bonds. The number of aliphatic carboxylic acids is 1. The van der Waals surface area contributed by atoms with Crippen LogP contribution < -0.4 is 4.74 Å². The molecule has 124 valence electrons. The molecular weight excluding hydrogens is 301 g/mol. The quantitative estimate of drug-likeness (QED) is 0.908. The minimum Gasteiger partial charge on any atom is -0.491 e. The number of amides is 1. The second kappa shape index (κ2) is 6.56. The normalized spacial score (nSPS) is 24.3. The molecule has 5 nitrogen and oxygen atoms in total. The van der Waals surface area contributed by atoms with Crippen molar-refractivity contribution in [2.75, 3.05) is 13.2 Å². The van der Waals surface area contributed by atoms with E-state index in [9.17, 15) is 14.0 Å². The third-order valence-corrected chi connectivity index (χ3v) is 4.74. The summed E-state index contributed by atoms with van der Waals surface area (Å²) in [5.74, 6) is -0.944. The van der Waals surface area contributed by atoms with Crippen LogP contribution in [0.15, 0.2) is 18.2 Å². The smallest absolute Gasteiger partial charge is 0.306 e. The van der Waals surface area contributed by atoms with Gasteiger partial charge in [0.15, 0.2) is 0 Å². The molecule has 0 saturated heterocycles. The molecule has 0 aromatic heterocycles. The zero-order valence-corrected chi connectivity index (χ0v) is 12.8. The molecule has 1 aromatic carbocycles. The van der Waals surface area contributed by atoms with Crippen LogP contribution in [0.1, 0.15) is 31.2 Å². The SMILES string of the molecule is O=C(O)C1CCC(C(=O)N2CCOc3ccc(F)cc3C2)CC1. The maximum absolute atomic E-state index is 13.4. The summed E-state index contributed by atoms with van der Waals surface area (Å²) in [6, 6.07) is 4.35. The number of fused-ring (bicyclic) bond motifs is 1. The van der Waals surface area contributed by atoms with Crippen molar-refractivity contribution < 1.29 is 23.8 Å². The first kappa shape index (κ1) is 15.8. The predicted molar refractivity (Wildman–Crippen MR) is 80.4 cm³/mol. The first-order chi connectivity index (χ1) is 11.0. The largest absolute Gasteiger partial charge is 0.491 e. The Balaban J connectivity index is 1.67. The van der Waals surface area contributed by atoms with Crippen molar-refractivity contribution >= 4 is 11.9 Å². The predicted octanol–water partition coefficient (Wildman–Crippen LogP) is 2.44. The zero-order valence-electron chi connectivity index (χ0n) is 12.8. The van der Waals surface area contributed by atoms with Gasteiger partial charge in [0, 0.05) is 18.0 Å². The number of carbonyl (C=O) groups excluding carboxylic acids is 1. The molecule has 1 N–H and O–H groups in total. The van der Waals surface area contributed by atoms with Crippen molar-refractivity contribution in [3.63, 3.8) is 0 Å². The number of carboxylic acid groups (broad SMARTS) is 1. The van der Waals surface area contributed by atoms with E-state index >= 15 is 0 Å². The van der Waals surface area contributed by atoms with Crippen LogP contribution in [0, 0.1) is 17.7 Å². The van der Waals surface area contributed by atoms with Gasteiger partial charge in [0.25, 0.3) is 0 Å². The number of halogens is 1. The molecule has 1 saturated carbocycles. The van der Waals surface area contributed by atoms with Crippen LogP contribution in [-0.4, -0.2) is 35.0 Å². The zero-order chi connectivity index (χ0) is 16.4. The second-order valence-corrected chi connectivity index (χ2v) is 6.25. The van der Waals surface area contributed by atoms with E-state index in [1.807, 2.05) is 0 Å². The molecule has 23 heavy (non-hydrogen) atoms. The van der Waals surface area contributed by atoms with Crippen molar-refractivity contribution in [2.24, 2.45) is 11.8 Å². The number of rotatable bonds is 2. The van der Waals surface area contributed by atoms with Crippen molar-refractivity contribution in [3.8, 4) is 5.75 Å². The summed E-state index contributed by atoms with van der Waals surface area (Å²) in [6.45, 7) is 1.19. The molecule has 0 bridgehead atoms. The van der Waals surface area contributed by atoms with Crippen molar-refractivity contribution in [1.29, 1.82) is 0 Å². The fourth-order valence-corrected chi connectivity index (χ4v) is 3.40. The summed E-state index contributed by atoms with van der Waals surface area (Å²) in [5.41, 5.74) is 0.676. The topological polar surface area (TPSA) is 66.8 Å². The Bertz CT molecular complexity index is 611. The molecule has 0 spiro atoms. The molecular formula is C17H20FNO4. The van der Waals surface area contributed by atoms with Crippen LogP contribution in [0.3, 0.4) is 0 Å². The van der Waals surface area contributed by atoms with E-state index in [0.29, 0.717) is 56.7 Å². The first-order valence-electron chi connectivity index (χ1n) is 7.97. The maximum Gasteiger partial charge on any atom is 0.306 e. The van der Waals surface area contributed by atoms with Crippen molar-refractivity contribution in [2.45, 2.75) is 32.2 Å². The Hall–Kier alpha value is -2.11. The van der Waals surface area contributed by atoms with Gasteiger partial charge in [-0.15, -0.1) is 0 Å². The highest BCUT2D eigenvalue weighted by molar-refractivity contribution is 5.79. The van der Waals surface area contributed by atoms with Crippen molar-refractivity contribution in [1.82, 2.24) is 4.90 Å². The first-order valence-corrected chi connectivity index (χ1v) is 7.97. The van der Waals surface area contributed by atoms with E-state index in [1.54, 1.807) is 11.0 Å². The summed E-state index contributed by atoms with van der Waals surface area (Å²) in [5, 5.41) is 9.04.